The molecule has 1 aliphatic heterocycles. The van der Waals surface area contributed by atoms with Crippen LogP contribution in [0.1, 0.15) is 35.6 Å². The minimum absolute atomic E-state index is 0.0529. The van der Waals surface area contributed by atoms with Crippen LogP contribution in [0.25, 0.3) is 0 Å². The molecule has 35 heavy (non-hydrogen) atoms. The van der Waals surface area contributed by atoms with Crippen molar-refractivity contribution in [1.29, 1.82) is 0 Å². The number of rotatable bonds is 8. The van der Waals surface area contributed by atoms with Gasteiger partial charge < -0.3 is 20.1 Å². The Morgan fingerprint density at radius 1 is 0.943 bits per heavy atom. The van der Waals surface area contributed by atoms with Crippen molar-refractivity contribution in [2.75, 3.05) is 11.9 Å². The smallest absolute Gasteiger partial charge is 0.226 e. The third-order valence-electron chi connectivity index (χ3n) is 6.06. The standard InChI is InChI=1S/C27H26N6OS/c34-24(30-20-9-2-1-3-10-20)14-18-33-26(25(31-27(33)35)22-12-5-7-16-29-22)23-13-8-17-32(23)19-21-11-4-6-15-28-21/h1-13,15-17,25-26H,14,18-19H2,(H,30,34)(H,31,35)/t25-,26+/m0/s1. The second-order valence-electron chi connectivity index (χ2n) is 8.37. The van der Waals surface area contributed by atoms with Crippen molar-refractivity contribution in [3.63, 3.8) is 0 Å². The number of thiocarbonyl (C=S) groups is 1. The van der Waals surface area contributed by atoms with Gasteiger partial charge in [0.1, 0.15) is 0 Å². The Labute approximate surface area is 209 Å². The molecule has 0 radical (unpaired) electrons. The van der Waals surface area contributed by atoms with Crippen molar-refractivity contribution >= 4 is 28.9 Å². The molecule has 5 rings (SSSR count). The average molecular weight is 483 g/mol. The van der Waals surface area contributed by atoms with Crippen molar-refractivity contribution in [1.82, 2.24) is 24.8 Å². The molecule has 4 aromatic rings. The number of para-hydroxylation sites is 1. The number of amides is 1. The van der Waals surface area contributed by atoms with Gasteiger partial charge in [0.05, 0.1) is 30.0 Å². The van der Waals surface area contributed by atoms with Gasteiger partial charge in [0.25, 0.3) is 0 Å². The Morgan fingerprint density at radius 3 is 2.46 bits per heavy atom. The molecule has 1 aromatic carbocycles. The fourth-order valence-corrected chi connectivity index (χ4v) is 4.77. The first kappa shape index (κ1) is 22.7. The lowest BCUT2D eigenvalue weighted by atomic mass is 10.0. The second-order valence-corrected chi connectivity index (χ2v) is 8.75. The molecule has 2 atom stereocenters. The number of pyridine rings is 2. The normalized spacial score (nSPS) is 17.3. The number of hydrogen-bond acceptors (Lipinski definition) is 4. The van der Waals surface area contributed by atoms with E-state index in [1.807, 2.05) is 72.8 Å². The summed E-state index contributed by atoms with van der Waals surface area (Å²) in [6.45, 7) is 1.12. The molecule has 3 aromatic heterocycles. The molecular weight excluding hydrogens is 456 g/mol. The maximum Gasteiger partial charge on any atom is 0.226 e. The van der Waals surface area contributed by atoms with E-state index >= 15 is 0 Å². The molecule has 0 spiro atoms. The van der Waals surface area contributed by atoms with Crippen molar-refractivity contribution in [2.45, 2.75) is 25.0 Å². The first-order valence-electron chi connectivity index (χ1n) is 11.6. The summed E-state index contributed by atoms with van der Waals surface area (Å²) in [5.74, 6) is -0.0529. The van der Waals surface area contributed by atoms with Gasteiger partial charge in [0, 0.05) is 42.9 Å². The minimum atomic E-state index is -0.140. The first-order chi connectivity index (χ1) is 17.2. The van der Waals surface area contributed by atoms with Crippen LogP contribution in [0.15, 0.2) is 97.5 Å². The Hall–Kier alpha value is -4.04. The fraction of sp³-hybridized carbons (Fsp3) is 0.185. The number of hydrogen-bond donors (Lipinski definition) is 2. The first-order valence-corrected chi connectivity index (χ1v) is 12.0. The Balaban J connectivity index is 1.41. The lowest BCUT2D eigenvalue weighted by Gasteiger charge is -2.28. The number of carbonyl (C=O) groups is 1. The Bertz CT molecular complexity index is 1280. The predicted molar refractivity (Wildman–Crippen MR) is 140 cm³/mol. The summed E-state index contributed by atoms with van der Waals surface area (Å²) in [6.07, 6.45) is 5.96. The molecule has 2 N–H and O–H groups in total. The van der Waals surface area contributed by atoms with Gasteiger partial charge in [-0.05, 0) is 60.7 Å². The van der Waals surface area contributed by atoms with Crippen molar-refractivity contribution in [2.24, 2.45) is 0 Å². The van der Waals surface area contributed by atoms with E-state index in [9.17, 15) is 4.79 Å². The molecule has 1 fully saturated rings. The highest BCUT2D eigenvalue weighted by molar-refractivity contribution is 7.80. The summed E-state index contributed by atoms with van der Waals surface area (Å²) in [6, 6.07) is 25.2. The van der Waals surface area contributed by atoms with Gasteiger partial charge in [0.15, 0.2) is 5.11 Å². The Morgan fingerprint density at radius 2 is 1.71 bits per heavy atom. The van der Waals surface area contributed by atoms with Crippen LogP contribution in [-0.4, -0.2) is 37.0 Å². The molecule has 0 aliphatic carbocycles. The van der Waals surface area contributed by atoms with E-state index in [0.717, 1.165) is 22.8 Å². The molecule has 1 saturated heterocycles. The zero-order valence-electron chi connectivity index (χ0n) is 19.1. The molecule has 0 saturated carbocycles. The van der Waals surface area contributed by atoms with E-state index < -0.39 is 0 Å². The topological polar surface area (TPSA) is 75.1 Å². The van der Waals surface area contributed by atoms with E-state index in [1.54, 1.807) is 12.4 Å². The highest BCUT2D eigenvalue weighted by Crippen LogP contribution is 2.39. The summed E-state index contributed by atoms with van der Waals surface area (Å²) in [5, 5.41) is 7.03. The summed E-state index contributed by atoms with van der Waals surface area (Å²) in [7, 11) is 0. The van der Waals surface area contributed by atoms with E-state index in [4.69, 9.17) is 12.2 Å². The summed E-state index contributed by atoms with van der Waals surface area (Å²) in [5.41, 5.74) is 3.75. The molecule has 8 heteroatoms. The summed E-state index contributed by atoms with van der Waals surface area (Å²) in [4.78, 5) is 23.9. The molecule has 1 amide bonds. The zero-order chi connectivity index (χ0) is 24.0. The minimum Gasteiger partial charge on any atom is -0.352 e. The second kappa shape index (κ2) is 10.5. The molecule has 4 heterocycles. The van der Waals surface area contributed by atoms with Crippen LogP contribution in [0, 0.1) is 0 Å². The summed E-state index contributed by atoms with van der Waals surface area (Å²) < 4.78 is 2.19. The average Bonchev–Trinajstić information content (AvgIpc) is 3.47. The Kier molecular flexibility index (Phi) is 6.81. The van der Waals surface area contributed by atoms with E-state index in [0.29, 0.717) is 24.6 Å². The van der Waals surface area contributed by atoms with Gasteiger partial charge in [-0.1, -0.05) is 30.3 Å². The van der Waals surface area contributed by atoms with Crippen LogP contribution >= 0.6 is 12.2 Å². The maximum atomic E-state index is 12.7. The van der Waals surface area contributed by atoms with Gasteiger partial charge in [-0.25, -0.2) is 0 Å². The molecule has 0 unspecified atom stereocenters. The highest BCUT2D eigenvalue weighted by Gasteiger charge is 2.41. The van der Waals surface area contributed by atoms with E-state index in [1.165, 1.54) is 0 Å². The van der Waals surface area contributed by atoms with Crippen LogP contribution in [0.4, 0.5) is 5.69 Å². The number of anilines is 1. The molecule has 7 nitrogen and oxygen atoms in total. The fourth-order valence-electron chi connectivity index (χ4n) is 4.44. The lowest BCUT2D eigenvalue weighted by Crippen LogP contribution is -2.33. The number of benzene rings is 1. The predicted octanol–water partition coefficient (Wildman–Crippen LogP) is 4.33. The van der Waals surface area contributed by atoms with Crippen LogP contribution in [0.5, 0.6) is 0 Å². The number of aromatic nitrogens is 3. The molecular formula is C27H26N6OS. The summed E-state index contributed by atoms with van der Waals surface area (Å²) >= 11 is 5.76. The van der Waals surface area contributed by atoms with Crippen LogP contribution in [0.2, 0.25) is 0 Å². The zero-order valence-corrected chi connectivity index (χ0v) is 19.9. The SMILES string of the molecule is O=C(CCN1C(=S)N[C@@H](c2ccccn2)[C@H]1c1cccn1Cc1ccccn1)Nc1ccccc1. The van der Waals surface area contributed by atoms with Gasteiger partial charge in [-0.3, -0.25) is 14.8 Å². The van der Waals surface area contributed by atoms with Crippen LogP contribution in [0.3, 0.4) is 0 Å². The van der Waals surface area contributed by atoms with Crippen LogP contribution < -0.4 is 10.6 Å². The van der Waals surface area contributed by atoms with E-state index in [-0.39, 0.29) is 18.0 Å². The van der Waals surface area contributed by atoms with Gasteiger partial charge >= 0.3 is 0 Å². The van der Waals surface area contributed by atoms with Gasteiger partial charge in [-0.2, -0.15) is 0 Å². The third kappa shape index (κ3) is 5.22. The molecule has 0 bridgehead atoms. The van der Waals surface area contributed by atoms with Crippen LogP contribution in [-0.2, 0) is 11.3 Å². The van der Waals surface area contributed by atoms with Crippen molar-refractivity contribution < 1.29 is 4.79 Å². The van der Waals surface area contributed by atoms with Gasteiger partial charge in [-0.15, -0.1) is 0 Å². The highest BCUT2D eigenvalue weighted by atomic mass is 32.1. The third-order valence-corrected chi connectivity index (χ3v) is 6.41. The lowest BCUT2D eigenvalue weighted by molar-refractivity contribution is -0.116. The molecule has 176 valence electrons. The van der Waals surface area contributed by atoms with Crippen molar-refractivity contribution in [3.05, 3.63) is 115 Å². The quantitative estimate of drug-likeness (QED) is 0.364. The number of carbonyl (C=O) groups excluding carboxylic acids is 1. The number of nitrogens with zero attached hydrogens (tertiary/aromatic N) is 4. The van der Waals surface area contributed by atoms with Gasteiger partial charge in [0.2, 0.25) is 5.91 Å². The van der Waals surface area contributed by atoms with E-state index in [2.05, 4.69) is 42.3 Å². The van der Waals surface area contributed by atoms with Crippen molar-refractivity contribution in [3.8, 4) is 0 Å². The molecule has 1 aliphatic rings. The largest absolute Gasteiger partial charge is 0.352 e. The monoisotopic (exact) mass is 482 g/mol. The maximum absolute atomic E-state index is 12.7. The number of nitrogens with one attached hydrogen (secondary N) is 2.